The van der Waals surface area contributed by atoms with Gasteiger partial charge in [-0.15, -0.1) is 0 Å². The van der Waals surface area contributed by atoms with E-state index < -0.39 is 24.4 Å². The Labute approximate surface area is 146 Å². The van der Waals surface area contributed by atoms with Crippen LogP contribution in [0.3, 0.4) is 0 Å². The normalized spacial score (nSPS) is 16.8. The minimum atomic E-state index is -3.03. The lowest BCUT2D eigenvalue weighted by molar-refractivity contribution is -0.142. The molecule has 2 aromatic rings. The number of aromatic nitrogens is 1. The Morgan fingerprint density at radius 3 is 2.65 bits per heavy atom. The average molecular weight is 361 g/mol. The van der Waals surface area contributed by atoms with Gasteiger partial charge in [-0.3, -0.25) is 14.6 Å². The van der Waals surface area contributed by atoms with Crippen LogP contribution in [0.2, 0.25) is 0 Å². The van der Waals surface area contributed by atoms with Crippen molar-refractivity contribution in [1.29, 1.82) is 0 Å². The molecule has 3 rings (SSSR count). The van der Waals surface area contributed by atoms with Gasteiger partial charge < -0.3 is 9.84 Å². The number of hydrazone groups is 1. The number of hydrogen-bond donors (Lipinski definition) is 1. The van der Waals surface area contributed by atoms with Crippen molar-refractivity contribution in [3.63, 3.8) is 0 Å². The molecule has 0 bridgehead atoms. The number of carboxylic acids is 1. The van der Waals surface area contributed by atoms with Crippen LogP contribution in [0.1, 0.15) is 6.92 Å². The van der Waals surface area contributed by atoms with E-state index in [0.29, 0.717) is 5.69 Å². The minimum Gasteiger partial charge on any atom is -0.480 e. The number of anilines is 1. The van der Waals surface area contributed by atoms with Gasteiger partial charge in [-0.2, -0.15) is 18.9 Å². The summed E-state index contributed by atoms with van der Waals surface area (Å²) < 4.78 is 29.9. The Morgan fingerprint density at radius 1 is 1.31 bits per heavy atom. The lowest BCUT2D eigenvalue weighted by atomic mass is 10.0. The zero-order chi connectivity index (χ0) is 18.8. The summed E-state index contributed by atoms with van der Waals surface area (Å²) in [5.41, 5.74) is 0.935. The molecule has 134 valence electrons. The molecule has 2 heterocycles. The van der Waals surface area contributed by atoms with Gasteiger partial charge in [-0.05, 0) is 37.3 Å². The van der Waals surface area contributed by atoms with Gasteiger partial charge in [0.2, 0.25) is 0 Å². The molecule has 1 unspecified atom stereocenters. The highest BCUT2D eigenvalue weighted by atomic mass is 19.3. The van der Waals surface area contributed by atoms with Crippen molar-refractivity contribution >= 4 is 23.3 Å². The highest BCUT2D eigenvalue weighted by Gasteiger charge is 2.40. The summed E-state index contributed by atoms with van der Waals surface area (Å²) in [5, 5.41) is 14.1. The van der Waals surface area contributed by atoms with Crippen LogP contribution in [0.5, 0.6) is 5.75 Å². The Morgan fingerprint density at radius 2 is 2.08 bits per heavy atom. The highest BCUT2D eigenvalue weighted by Crippen LogP contribution is 2.35. The van der Waals surface area contributed by atoms with Crippen LogP contribution < -0.4 is 9.75 Å². The molecule has 0 radical (unpaired) electrons. The Hall–Kier alpha value is -3.36. The van der Waals surface area contributed by atoms with Gasteiger partial charge in [0.05, 0.1) is 17.1 Å². The molecule has 0 aliphatic carbocycles. The molecule has 1 aliphatic rings. The first-order chi connectivity index (χ1) is 12.4. The smallest absolute Gasteiger partial charge is 0.387 e. The molecule has 1 aromatic carbocycles. The van der Waals surface area contributed by atoms with E-state index in [0.717, 1.165) is 5.01 Å². The van der Waals surface area contributed by atoms with E-state index in [4.69, 9.17) is 5.11 Å². The largest absolute Gasteiger partial charge is 0.480 e. The molecule has 0 fully saturated rings. The van der Waals surface area contributed by atoms with Gasteiger partial charge in [0, 0.05) is 11.8 Å². The van der Waals surface area contributed by atoms with Crippen molar-refractivity contribution in [3.8, 4) is 17.0 Å². The standard InChI is InChI=1S/C17H13F2N3O4/c1-9-14(16(24)25)15(23)22(21-9)10-5-6-13(26-17(18)19)11(8-10)12-4-2-3-7-20-12/h2-8,14,17H,1H3,(H,24,25). The van der Waals surface area contributed by atoms with Crippen LogP contribution in [-0.4, -0.2) is 34.3 Å². The van der Waals surface area contributed by atoms with Crippen molar-refractivity contribution in [2.75, 3.05) is 5.01 Å². The fourth-order valence-corrected chi connectivity index (χ4v) is 2.61. The second kappa shape index (κ2) is 6.87. The molecule has 0 saturated carbocycles. The number of rotatable bonds is 5. The van der Waals surface area contributed by atoms with Crippen LogP contribution in [0.15, 0.2) is 47.7 Å². The van der Waals surface area contributed by atoms with E-state index in [-0.39, 0.29) is 22.7 Å². The number of alkyl halides is 2. The van der Waals surface area contributed by atoms with E-state index in [1.807, 2.05) is 0 Å². The van der Waals surface area contributed by atoms with Gasteiger partial charge in [0.25, 0.3) is 5.91 Å². The lowest BCUT2D eigenvalue weighted by Crippen LogP contribution is -2.32. The molecule has 1 N–H and O–H groups in total. The zero-order valence-corrected chi connectivity index (χ0v) is 13.5. The van der Waals surface area contributed by atoms with E-state index in [1.54, 1.807) is 18.2 Å². The number of carbonyl (C=O) groups excluding carboxylic acids is 1. The van der Waals surface area contributed by atoms with Crippen LogP contribution in [0.4, 0.5) is 14.5 Å². The first-order valence-corrected chi connectivity index (χ1v) is 7.50. The van der Waals surface area contributed by atoms with Crippen molar-refractivity contribution in [3.05, 3.63) is 42.6 Å². The molecule has 1 amide bonds. The molecule has 0 spiro atoms. The molecule has 1 aromatic heterocycles. The van der Waals surface area contributed by atoms with Crippen LogP contribution in [-0.2, 0) is 9.59 Å². The minimum absolute atomic E-state index is 0.121. The number of hydrogen-bond acceptors (Lipinski definition) is 5. The number of benzene rings is 1. The first kappa shape index (κ1) is 17.5. The molecule has 26 heavy (non-hydrogen) atoms. The maximum absolute atomic E-state index is 12.7. The topological polar surface area (TPSA) is 92.1 Å². The summed E-state index contributed by atoms with van der Waals surface area (Å²) in [7, 11) is 0. The number of ether oxygens (including phenoxy) is 1. The SMILES string of the molecule is CC1=NN(c2ccc(OC(F)F)c(-c3ccccn3)c2)C(=O)C1C(=O)O. The second-order valence-corrected chi connectivity index (χ2v) is 5.44. The predicted molar refractivity (Wildman–Crippen MR) is 88.0 cm³/mol. The molecular weight excluding hydrogens is 348 g/mol. The third-order valence-corrected chi connectivity index (χ3v) is 3.74. The number of nitrogens with zero attached hydrogens (tertiary/aromatic N) is 3. The van der Waals surface area contributed by atoms with Crippen LogP contribution in [0.25, 0.3) is 11.3 Å². The van der Waals surface area contributed by atoms with E-state index in [1.165, 1.54) is 31.3 Å². The molecular formula is C17H13F2N3O4. The summed E-state index contributed by atoms with van der Waals surface area (Å²) >= 11 is 0. The van der Waals surface area contributed by atoms with Gasteiger partial charge >= 0.3 is 12.6 Å². The Bertz CT molecular complexity index is 887. The molecule has 0 saturated heterocycles. The fourth-order valence-electron chi connectivity index (χ4n) is 2.61. The number of carbonyl (C=O) groups is 2. The van der Waals surface area contributed by atoms with Crippen molar-refractivity contribution in [1.82, 2.24) is 4.98 Å². The number of amides is 1. The van der Waals surface area contributed by atoms with E-state index >= 15 is 0 Å². The average Bonchev–Trinajstić information content (AvgIpc) is 2.90. The zero-order valence-electron chi connectivity index (χ0n) is 13.5. The second-order valence-electron chi connectivity index (χ2n) is 5.44. The monoisotopic (exact) mass is 361 g/mol. The van der Waals surface area contributed by atoms with Gasteiger partial charge in [0.1, 0.15) is 5.75 Å². The van der Waals surface area contributed by atoms with Crippen molar-refractivity contribution < 1.29 is 28.2 Å². The van der Waals surface area contributed by atoms with Crippen LogP contribution in [0, 0.1) is 5.92 Å². The predicted octanol–water partition coefficient (Wildman–Crippen LogP) is 2.77. The van der Waals surface area contributed by atoms with Crippen molar-refractivity contribution in [2.45, 2.75) is 13.5 Å². The molecule has 7 nitrogen and oxygen atoms in total. The number of carboxylic acid groups (broad SMARTS) is 1. The van der Waals surface area contributed by atoms with Gasteiger partial charge in [0.15, 0.2) is 5.92 Å². The maximum Gasteiger partial charge on any atom is 0.387 e. The maximum atomic E-state index is 12.7. The third kappa shape index (κ3) is 3.23. The summed E-state index contributed by atoms with van der Waals surface area (Å²) in [4.78, 5) is 27.7. The van der Waals surface area contributed by atoms with Crippen LogP contribution >= 0.6 is 0 Å². The Kier molecular flexibility index (Phi) is 4.61. The number of halogens is 2. The fraction of sp³-hybridized carbons (Fsp3) is 0.176. The number of pyridine rings is 1. The third-order valence-electron chi connectivity index (χ3n) is 3.74. The van der Waals surface area contributed by atoms with Gasteiger partial charge in [-0.25, -0.2) is 0 Å². The highest BCUT2D eigenvalue weighted by molar-refractivity contribution is 6.25. The molecule has 1 atom stereocenters. The summed E-state index contributed by atoms with van der Waals surface area (Å²) in [6, 6.07) is 8.94. The van der Waals surface area contributed by atoms with Crippen molar-refractivity contribution in [2.24, 2.45) is 11.0 Å². The molecule has 9 heteroatoms. The lowest BCUT2D eigenvalue weighted by Gasteiger charge is -2.16. The summed E-state index contributed by atoms with van der Waals surface area (Å²) in [6.45, 7) is -1.60. The van der Waals surface area contributed by atoms with E-state index in [9.17, 15) is 18.4 Å². The van der Waals surface area contributed by atoms with E-state index in [2.05, 4.69) is 14.8 Å². The summed E-state index contributed by atoms with van der Waals surface area (Å²) in [5.74, 6) is -3.53. The summed E-state index contributed by atoms with van der Waals surface area (Å²) in [6.07, 6.45) is 1.48. The number of aliphatic carboxylic acids is 1. The quantitative estimate of drug-likeness (QED) is 0.827. The molecule has 1 aliphatic heterocycles. The van der Waals surface area contributed by atoms with Gasteiger partial charge in [-0.1, -0.05) is 6.07 Å². The first-order valence-electron chi connectivity index (χ1n) is 7.50. The Balaban J connectivity index is 2.05.